The van der Waals surface area contributed by atoms with Crippen molar-refractivity contribution in [2.24, 2.45) is 12.2 Å². The van der Waals surface area contributed by atoms with Crippen molar-refractivity contribution in [3.63, 3.8) is 0 Å². The van der Waals surface area contributed by atoms with Crippen LogP contribution in [0.4, 0.5) is 9.93 Å². The summed E-state index contributed by atoms with van der Waals surface area (Å²) in [4.78, 5) is 61.9. The van der Waals surface area contributed by atoms with E-state index >= 15 is 0 Å². The molecule has 0 unspecified atom stereocenters. The summed E-state index contributed by atoms with van der Waals surface area (Å²) < 4.78 is 48.3. The van der Waals surface area contributed by atoms with Gasteiger partial charge in [0, 0.05) is 22.6 Å². The number of anilines is 1. The van der Waals surface area contributed by atoms with Crippen molar-refractivity contribution in [1.82, 2.24) is 29.6 Å². The molecule has 0 radical (unpaired) electrons. The second-order valence-corrected chi connectivity index (χ2v) is 16.5. The molecule has 3 amide bonds. The molecular formula is C31H42N9O10S2+. The van der Waals surface area contributed by atoms with Gasteiger partial charge in [-0.05, 0) is 62.3 Å². The molecule has 1 aliphatic heterocycles. The molecule has 1 fully saturated rings. The van der Waals surface area contributed by atoms with E-state index in [0.29, 0.717) is 5.69 Å². The van der Waals surface area contributed by atoms with Gasteiger partial charge in [-0.25, -0.2) is 28.1 Å². The van der Waals surface area contributed by atoms with E-state index in [1.807, 2.05) is 37.0 Å². The topological polar surface area (TPSA) is 237 Å². The molecule has 4 heterocycles. The molecule has 0 aromatic carbocycles. The van der Waals surface area contributed by atoms with Gasteiger partial charge in [0.25, 0.3) is 11.8 Å². The summed E-state index contributed by atoms with van der Waals surface area (Å²) in [5.74, 6) is -3.02. The number of carbonyl (C=O) groups is 4. The maximum absolute atomic E-state index is 13.8. The van der Waals surface area contributed by atoms with Crippen molar-refractivity contribution >= 4 is 56.4 Å². The molecular weight excluding hydrogens is 723 g/mol. The number of carbonyl (C=O) groups excluding carboxylic acids is 4. The second kappa shape index (κ2) is 14.5. The van der Waals surface area contributed by atoms with Gasteiger partial charge in [0.2, 0.25) is 5.60 Å². The zero-order chi connectivity index (χ0) is 39.0. The third-order valence-electron chi connectivity index (χ3n) is 7.02. The summed E-state index contributed by atoms with van der Waals surface area (Å²) in [5.41, 5.74) is -2.00. The number of aryl methyl sites for hydroxylation is 2. The van der Waals surface area contributed by atoms with Crippen molar-refractivity contribution < 1.29 is 51.0 Å². The molecule has 3 aromatic rings. The molecule has 3 aromatic heterocycles. The molecule has 0 aliphatic carbocycles. The van der Waals surface area contributed by atoms with Crippen LogP contribution in [0.15, 0.2) is 35.2 Å². The first-order valence-electron chi connectivity index (χ1n) is 15.8. The third kappa shape index (κ3) is 9.85. The number of ether oxygens (including phenoxy) is 2. The zero-order valence-electron chi connectivity index (χ0n) is 30.3. The van der Waals surface area contributed by atoms with Crippen molar-refractivity contribution in [2.45, 2.75) is 97.7 Å². The lowest BCUT2D eigenvalue weighted by atomic mass is 9.98. The van der Waals surface area contributed by atoms with E-state index in [-0.39, 0.29) is 21.7 Å². The van der Waals surface area contributed by atoms with Crippen LogP contribution >= 0.6 is 11.3 Å². The molecule has 0 saturated carbocycles. The van der Waals surface area contributed by atoms with Crippen LogP contribution in [-0.4, -0.2) is 95.7 Å². The Hall–Kier alpha value is -5.02. The van der Waals surface area contributed by atoms with Gasteiger partial charge in [0.15, 0.2) is 23.2 Å². The molecule has 282 valence electrons. The van der Waals surface area contributed by atoms with Crippen LogP contribution in [0.3, 0.4) is 0 Å². The molecule has 21 heteroatoms. The Morgan fingerprint density at radius 2 is 1.75 bits per heavy atom. The fourth-order valence-electron chi connectivity index (χ4n) is 4.72. The lowest BCUT2D eigenvalue weighted by Crippen LogP contribution is -2.73. The average Bonchev–Trinajstić information content (AvgIpc) is 3.63. The van der Waals surface area contributed by atoms with Gasteiger partial charge in [-0.2, -0.15) is 8.42 Å². The number of hydrogen-bond acceptors (Lipinski definition) is 14. The van der Waals surface area contributed by atoms with Crippen LogP contribution < -0.4 is 15.2 Å². The SMILES string of the molecule is Cc1c[n+](C)ccc1-c1cn(C[C@@H]2[C@H](NC(=O)/C(=N/OC(C)(C)C(=O)OC(C)(C)C)c3csc(NC(=O)OC(C)(C)C)n3)C(=O)N2S(=O)(=O)O)nn1. The quantitative estimate of drug-likeness (QED) is 0.0633. The molecule has 52 heavy (non-hydrogen) atoms. The van der Waals surface area contributed by atoms with E-state index in [9.17, 15) is 32.1 Å². The lowest BCUT2D eigenvalue weighted by Gasteiger charge is -2.43. The largest absolute Gasteiger partial charge is 0.457 e. The summed E-state index contributed by atoms with van der Waals surface area (Å²) in [6.07, 6.45) is 4.40. The van der Waals surface area contributed by atoms with Gasteiger partial charge in [-0.1, -0.05) is 10.4 Å². The predicted molar refractivity (Wildman–Crippen MR) is 185 cm³/mol. The van der Waals surface area contributed by atoms with Gasteiger partial charge >= 0.3 is 22.4 Å². The predicted octanol–water partition coefficient (Wildman–Crippen LogP) is 1.92. The van der Waals surface area contributed by atoms with Crippen molar-refractivity contribution in [3.05, 3.63) is 41.3 Å². The van der Waals surface area contributed by atoms with Crippen LogP contribution in [0.1, 0.15) is 66.6 Å². The highest BCUT2D eigenvalue weighted by Crippen LogP contribution is 2.27. The zero-order valence-corrected chi connectivity index (χ0v) is 31.9. The molecule has 0 spiro atoms. The van der Waals surface area contributed by atoms with Crippen LogP contribution in [0, 0.1) is 6.92 Å². The van der Waals surface area contributed by atoms with E-state index in [4.69, 9.17) is 14.3 Å². The summed E-state index contributed by atoms with van der Waals surface area (Å²) in [6.45, 7) is 14.3. The maximum Gasteiger partial charge on any atom is 0.413 e. The third-order valence-corrected chi connectivity index (χ3v) is 8.72. The van der Waals surface area contributed by atoms with Gasteiger partial charge in [0.05, 0.1) is 18.8 Å². The second-order valence-electron chi connectivity index (χ2n) is 14.4. The van der Waals surface area contributed by atoms with Crippen LogP contribution in [0.5, 0.6) is 0 Å². The number of oxime groups is 1. The Morgan fingerprint density at radius 3 is 2.35 bits per heavy atom. The number of amides is 3. The number of nitrogens with one attached hydrogen (secondary N) is 2. The molecule has 4 rings (SSSR count). The highest BCUT2D eigenvalue weighted by atomic mass is 32.2. The highest BCUT2D eigenvalue weighted by molar-refractivity contribution is 7.84. The van der Waals surface area contributed by atoms with Crippen LogP contribution in [0.2, 0.25) is 0 Å². The van der Waals surface area contributed by atoms with E-state index in [0.717, 1.165) is 22.5 Å². The van der Waals surface area contributed by atoms with E-state index in [1.165, 1.54) is 30.1 Å². The van der Waals surface area contributed by atoms with Gasteiger partial charge in [-0.3, -0.25) is 19.5 Å². The van der Waals surface area contributed by atoms with Crippen molar-refractivity contribution in [1.29, 1.82) is 0 Å². The smallest absolute Gasteiger partial charge is 0.413 e. The van der Waals surface area contributed by atoms with Crippen LogP contribution in [-0.2, 0) is 52.6 Å². The minimum absolute atomic E-state index is 0.00990. The van der Waals surface area contributed by atoms with E-state index < -0.39 is 68.8 Å². The number of esters is 1. The summed E-state index contributed by atoms with van der Waals surface area (Å²) in [5, 5.41) is 18.4. The highest BCUT2D eigenvalue weighted by Gasteiger charge is 2.54. The van der Waals surface area contributed by atoms with Gasteiger partial charge in [0.1, 0.15) is 35.7 Å². The Kier molecular flexibility index (Phi) is 11.1. The number of rotatable bonds is 11. The van der Waals surface area contributed by atoms with Gasteiger partial charge in [-0.15, -0.1) is 16.4 Å². The minimum Gasteiger partial charge on any atom is -0.457 e. The summed E-state index contributed by atoms with van der Waals surface area (Å²) in [6, 6.07) is -1.04. The molecule has 3 N–H and O–H groups in total. The molecule has 19 nitrogen and oxygen atoms in total. The molecule has 1 saturated heterocycles. The number of aromatic nitrogens is 5. The molecule has 2 atom stereocenters. The number of thiazole rings is 1. The molecule has 1 aliphatic rings. The van der Waals surface area contributed by atoms with Gasteiger partial charge < -0.3 is 19.6 Å². The Morgan fingerprint density at radius 1 is 1.10 bits per heavy atom. The molecule has 0 bridgehead atoms. The number of hydrogen-bond donors (Lipinski definition) is 3. The fourth-order valence-corrected chi connectivity index (χ4v) is 6.27. The van der Waals surface area contributed by atoms with E-state index in [2.05, 4.69) is 31.1 Å². The maximum atomic E-state index is 13.8. The fraction of sp³-hybridized carbons (Fsp3) is 0.516. The summed E-state index contributed by atoms with van der Waals surface area (Å²) in [7, 11) is -3.20. The first-order valence-corrected chi connectivity index (χ1v) is 18.1. The minimum atomic E-state index is -5.06. The van der Waals surface area contributed by atoms with E-state index in [1.54, 1.807) is 41.5 Å². The van der Waals surface area contributed by atoms with Crippen molar-refractivity contribution in [2.75, 3.05) is 5.32 Å². The lowest BCUT2D eigenvalue weighted by molar-refractivity contribution is -0.671. The van der Waals surface area contributed by atoms with Crippen LogP contribution in [0.25, 0.3) is 11.3 Å². The number of β-lactam (4-membered cyclic amide) rings is 1. The number of pyridine rings is 1. The summed E-state index contributed by atoms with van der Waals surface area (Å²) >= 11 is 0.906. The first kappa shape index (κ1) is 39.8. The average molecular weight is 765 g/mol. The Balaban J connectivity index is 1.64. The normalized spacial score (nSPS) is 16.9. The Labute approximate surface area is 304 Å². The first-order chi connectivity index (χ1) is 23.8. The van der Waals surface area contributed by atoms with Crippen molar-refractivity contribution in [3.8, 4) is 11.3 Å². The standard InChI is InChI=1S/C31H41N9O10S2/c1-17-13-38(10)12-11-18(17)19-14-39(37-35-19)15-21-23(25(42)40(21)52(45,46)47)33-24(41)22(36-50-31(8,9)26(43)48-29(2,3)4)20-16-51-27(32-20)34-28(44)49-30(5,6)7/h11-14,16,21,23H,15H2,1-10H3,(H2-,32,33,34,41,44,45,46,47)/p+1/b36-22+/t21-,23+/m1/s1. The number of nitrogens with zero attached hydrogens (tertiary/aromatic N) is 7. The Bertz CT molecular complexity index is 2010. The monoisotopic (exact) mass is 764 g/mol.